The molecule has 2 aromatic carbocycles. The van der Waals surface area contributed by atoms with E-state index in [1.54, 1.807) is 25.4 Å². The van der Waals surface area contributed by atoms with Gasteiger partial charge in [0.1, 0.15) is 12.4 Å². The van der Waals surface area contributed by atoms with Gasteiger partial charge in [-0.2, -0.15) is 0 Å². The van der Waals surface area contributed by atoms with Crippen LogP contribution in [0.5, 0.6) is 5.75 Å². The third-order valence-corrected chi connectivity index (χ3v) is 7.78. The van der Waals surface area contributed by atoms with Gasteiger partial charge in [-0.25, -0.2) is 4.79 Å². The van der Waals surface area contributed by atoms with Crippen LogP contribution in [0.25, 0.3) is 5.69 Å². The molecule has 1 saturated heterocycles. The number of methoxy groups -OCH3 is 2. The largest absolute Gasteiger partial charge is 0.490 e. The number of rotatable bonds is 9. The number of hydrogen-bond donors (Lipinski definition) is 1. The molecule has 0 unspecified atom stereocenters. The van der Waals surface area contributed by atoms with Crippen LogP contribution in [0.3, 0.4) is 0 Å². The molecule has 0 amide bonds. The van der Waals surface area contributed by atoms with E-state index in [0.29, 0.717) is 34.7 Å². The van der Waals surface area contributed by atoms with Crippen LogP contribution in [0.4, 0.5) is 5.69 Å². The van der Waals surface area contributed by atoms with E-state index in [-0.39, 0.29) is 18.1 Å². The summed E-state index contributed by atoms with van der Waals surface area (Å²) in [6.45, 7) is 5.02. The molecule has 2 aromatic heterocycles. The average Bonchev–Trinajstić information content (AvgIpc) is 3.48. The van der Waals surface area contributed by atoms with Crippen molar-refractivity contribution in [3.8, 4) is 11.4 Å². The predicted octanol–water partition coefficient (Wildman–Crippen LogP) is 6.13. The minimum absolute atomic E-state index is 0.212. The summed E-state index contributed by atoms with van der Waals surface area (Å²) in [4.78, 5) is 18.7. The van der Waals surface area contributed by atoms with Crippen LogP contribution in [0.15, 0.2) is 72.9 Å². The Morgan fingerprint density at radius 1 is 1.02 bits per heavy atom. The van der Waals surface area contributed by atoms with Crippen molar-refractivity contribution in [2.45, 2.75) is 25.9 Å². The van der Waals surface area contributed by atoms with Crippen LogP contribution in [-0.2, 0) is 9.47 Å². The highest BCUT2D eigenvalue weighted by molar-refractivity contribution is 7.80. The van der Waals surface area contributed by atoms with Gasteiger partial charge in [-0.15, -0.1) is 0 Å². The number of benzene rings is 2. The SMILES string of the molecule is COCCOc1ccc(N2C(=S)N[C@H](c3ccccn3)[C@@H]2c2cc(C)n(-c3ccc(C(=O)OC)cc3)c2C)cc1Cl. The third kappa shape index (κ3) is 5.66. The molecule has 10 heteroatoms. The maximum atomic E-state index is 12.0. The number of aromatic nitrogens is 2. The van der Waals surface area contributed by atoms with Crippen LogP contribution in [0, 0.1) is 13.8 Å². The van der Waals surface area contributed by atoms with Gasteiger partial charge in [-0.05, 0) is 92.3 Å². The lowest BCUT2D eigenvalue weighted by Gasteiger charge is -2.28. The summed E-state index contributed by atoms with van der Waals surface area (Å²) >= 11 is 12.6. The predicted molar refractivity (Wildman–Crippen MR) is 163 cm³/mol. The van der Waals surface area contributed by atoms with Gasteiger partial charge in [0.15, 0.2) is 5.11 Å². The lowest BCUT2D eigenvalue weighted by Crippen LogP contribution is -2.29. The monoisotopic (exact) mass is 590 g/mol. The van der Waals surface area contributed by atoms with Gasteiger partial charge in [0.25, 0.3) is 0 Å². The molecule has 4 aromatic rings. The number of anilines is 1. The molecule has 0 radical (unpaired) electrons. The Balaban J connectivity index is 1.58. The van der Waals surface area contributed by atoms with Crippen molar-refractivity contribution in [2.75, 3.05) is 32.3 Å². The van der Waals surface area contributed by atoms with Crippen molar-refractivity contribution in [3.63, 3.8) is 0 Å². The standard InChI is InChI=1S/C31H31ClN4O4S/c1-19-17-24(20(2)35(19)22-10-8-21(9-11-22)30(37)39-4)29-28(26-7-5-6-14-33-26)34-31(41)36(29)23-12-13-27(25(32)18-23)40-16-15-38-3/h5-14,17-18,28-29H,15-16H2,1-4H3,(H,34,41)/t28-,29+/m1/s1. The highest BCUT2D eigenvalue weighted by Crippen LogP contribution is 2.45. The van der Waals surface area contributed by atoms with E-state index < -0.39 is 0 Å². The molecule has 1 fully saturated rings. The molecule has 0 saturated carbocycles. The van der Waals surface area contributed by atoms with Gasteiger partial charge in [0.2, 0.25) is 0 Å². The molecule has 1 aliphatic heterocycles. The highest BCUT2D eigenvalue weighted by Gasteiger charge is 2.42. The molecular weight excluding hydrogens is 560 g/mol. The normalized spacial score (nSPS) is 16.5. The fraction of sp³-hybridized carbons (Fsp3) is 0.258. The van der Waals surface area contributed by atoms with E-state index in [1.165, 1.54) is 7.11 Å². The number of esters is 1. The van der Waals surface area contributed by atoms with E-state index in [4.69, 9.17) is 38.0 Å². The summed E-state index contributed by atoms with van der Waals surface area (Å²) in [5.74, 6) is 0.211. The van der Waals surface area contributed by atoms with Crippen LogP contribution in [-0.4, -0.2) is 48.1 Å². The second-order valence-corrected chi connectivity index (χ2v) is 10.4. The van der Waals surface area contributed by atoms with E-state index in [1.807, 2.05) is 48.5 Å². The molecule has 8 nitrogen and oxygen atoms in total. The summed E-state index contributed by atoms with van der Waals surface area (Å²) in [6.07, 6.45) is 1.79. The van der Waals surface area contributed by atoms with Gasteiger partial charge < -0.3 is 29.0 Å². The van der Waals surface area contributed by atoms with Gasteiger partial charge in [-0.3, -0.25) is 4.98 Å². The maximum Gasteiger partial charge on any atom is 0.337 e. The number of halogens is 1. The Bertz CT molecular complexity index is 1560. The molecule has 3 heterocycles. The molecule has 5 rings (SSSR count). The number of pyridine rings is 1. The van der Waals surface area contributed by atoms with E-state index >= 15 is 0 Å². The minimum atomic E-state index is -0.369. The summed E-state index contributed by atoms with van der Waals surface area (Å²) < 4.78 is 17.9. The molecule has 0 spiro atoms. The van der Waals surface area contributed by atoms with Crippen molar-refractivity contribution < 1.29 is 19.0 Å². The number of ether oxygens (including phenoxy) is 3. The van der Waals surface area contributed by atoms with Gasteiger partial charge in [0.05, 0.1) is 42.1 Å². The van der Waals surface area contributed by atoms with Crippen LogP contribution < -0.4 is 15.0 Å². The molecule has 0 bridgehead atoms. The lowest BCUT2D eigenvalue weighted by molar-refractivity contribution is 0.0600. The molecule has 212 valence electrons. The second-order valence-electron chi connectivity index (χ2n) is 9.65. The summed E-state index contributed by atoms with van der Waals surface area (Å²) in [5.41, 5.74) is 6.31. The first-order valence-electron chi connectivity index (χ1n) is 13.1. The zero-order chi connectivity index (χ0) is 29.1. The third-order valence-electron chi connectivity index (χ3n) is 7.17. The number of nitrogens with one attached hydrogen (secondary N) is 1. The van der Waals surface area contributed by atoms with Gasteiger partial charge >= 0.3 is 5.97 Å². The number of carbonyl (C=O) groups is 1. The highest BCUT2D eigenvalue weighted by atomic mass is 35.5. The van der Waals surface area contributed by atoms with Gasteiger partial charge in [-0.1, -0.05) is 17.7 Å². The summed E-state index contributed by atoms with van der Waals surface area (Å²) in [7, 11) is 3.00. The van der Waals surface area contributed by atoms with Crippen LogP contribution >= 0.6 is 23.8 Å². The molecule has 1 aliphatic rings. The first kappa shape index (κ1) is 28.6. The minimum Gasteiger partial charge on any atom is -0.490 e. The second kappa shape index (κ2) is 12.3. The van der Waals surface area contributed by atoms with Crippen LogP contribution in [0.2, 0.25) is 5.02 Å². The van der Waals surface area contributed by atoms with Crippen LogP contribution in [0.1, 0.15) is 45.1 Å². The quantitative estimate of drug-likeness (QED) is 0.142. The van der Waals surface area contributed by atoms with Gasteiger partial charge in [0, 0.05) is 36.1 Å². The molecular formula is C31H31ClN4O4S. The first-order valence-corrected chi connectivity index (χ1v) is 13.9. The van der Waals surface area contributed by atoms with Crippen molar-refractivity contribution in [2.24, 2.45) is 0 Å². The molecule has 1 N–H and O–H groups in total. The average molecular weight is 591 g/mol. The summed E-state index contributed by atoms with van der Waals surface area (Å²) in [6, 6.07) is 20.7. The topological polar surface area (TPSA) is 77.9 Å². The van der Waals surface area contributed by atoms with E-state index in [9.17, 15) is 4.79 Å². The van der Waals surface area contributed by atoms with Crippen molar-refractivity contribution in [1.82, 2.24) is 14.9 Å². The smallest absolute Gasteiger partial charge is 0.337 e. The molecule has 0 aliphatic carbocycles. The number of aryl methyl sites for hydroxylation is 1. The Morgan fingerprint density at radius 2 is 1.78 bits per heavy atom. The van der Waals surface area contributed by atoms with Crippen molar-refractivity contribution >= 4 is 40.6 Å². The Morgan fingerprint density at radius 3 is 2.44 bits per heavy atom. The van der Waals surface area contributed by atoms with E-state index in [0.717, 1.165) is 34.0 Å². The Hall–Kier alpha value is -3.92. The maximum absolute atomic E-state index is 12.0. The number of nitrogens with zero attached hydrogens (tertiary/aromatic N) is 3. The lowest BCUT2D eigenvalue weighted by atomic mass is 9.96. The molecule has 2 atom stereocenters. The van der Waals surface area contributed by atoms with E-state index in [2.05, 4.69) is 39.7 Å². The van der Waals surface area contributed by atoms with Crippen molar-refractivity contribution in [3.05, 3.63) is 106 Å². The molecule has 41 heavy (non-hydrogen) atoms. The Labute approximate surface area is 249 Å². The number of carbonyl (C=O) groups excluding carboxylic acids is 1. The fourth-order valence-electron chi connectivity index (χ4n) is 5.29. The first-order chi connectivity index (χ1) is 19.8. The zero-order valence-electron chi connectivity index (χ0n) is 23.3. The summed E-state index contributed by atoms with van der Waals surface area (Å²) in [5, 5.41) is 4.56. The number of thiocarbonyl (C=S) groups is 1. The number of hydrogen-bond acceptors (Lipinski definition) is 6. The zero-order valence-corrected chi connectivity index (χ0v) is 24.8. The Kier molecular flexibility index (Phi) is 8.58. The fourth-order valence-corrected chi connectivity index (χ4v) is 5.86. The van der Waals surface area contributed by atoms with Crippen molar-refractivity contribution in [1.29, 1.82) is 0 Å².